The number of carbonyl (C=O) groups is 2. The average molecular weight is 393 g/mol. The second-order valence-corrected chi connectivity index (χ2v) is 8.30. The van der Waals surface area contributed by atoms with Crippen molar-refractivity contribution in [3.8, 4) is 5.75 Å². The second kappa shape index (κ2) is 11.7. The van der Waals surface area contributed by atoms with Crippen LogP contribution in [0.2, 0.25) is 0 Å². The number of rotatable bonds is 11. The topological polar surface area (TPSA) is 61.8 Å². The van der Waals surface area contributed by atoms with Gasteiger partial charge < -0.3 is 14.2 Å². The molecule has 0 amide bonds. The summed E-state index contributed by atoms with van der Waals surface area (Å²) in [5.74, 6) is -0.607. The van der Waals surface area contributed by atoms with Crippen LogP contribution in [0.1, 0.15) is 73.6 Å². The normalized spacial score (nSPS) is 14.6. The molecule has 0 N–H and O–H groups in total. The fourth-order valence-electron chi connectivity index (χ4n) is 2.76. The summed E-state index contributed by atoms with van der Waals surface area (Å²) < 4.78 is 17.0. The van der Waals surface area contributed by atoms with E-state index in [0.717, 1.165) is 31.4 Å². The first kappa shape index (κ1) is 24.0. The predicted octanol–water partition coefficient (Wildman–Crippen LogP) is 5.31. The summed E-state index contributed by atoms with van der Waals surface area (Å²) in [6, 6.07) is 9.50. The van der Waals surface area contributed by atoms with Gasteiger partial charge >= 0.3 is 11.9 Å². The third-order valence-corrected chi connectivity index (χ3v) is 4.24. The molecule has 28 heavy (non-hydrogen) atoms. The average Bonchev–Trinajstić information content (AvgIpc) is 2.59. The first-order valence-corrected chi connectivity index (χ1v) is 10.3. The molecule has 5 heteroatoms. The van der Waals surface area contributed by atoms with E-state index >= 15 is 0 Å². The lowest BCUT2D eigenvalue weighted by Crippen LogP contribution is -2.36. The molecule has 0 heterocycles. The highest BCUT2D eigenvalue weighted by Gasteiger charge is 2.28. The van der Waals surface area contributed by atoms with Gasteiger partial charge in [0.15, 0.2) is 0 Å². The first-order valence-electron chi connectivity index (χ1n) is 10.3. The summed E-state index contributed by atoms with van der Waals surface area (Å²) in [4.78, 5) is 24.5. The van der Waals surface area contributed by atoms with Crippen LogP contribution in [0.15, 0.2) is 30.3 Å². The molecule has 0 unspecified atom stereocenters. The zero-order valence-corrected chi connectivity index (χ0v) is 18.2. The highest BCUT2D eigenvalue weighted by atomic mass is 16.6. The Morgan fingerprint density at radius 2 is 1.68 bits per heavy atom. The molecule has 0 bridgehead atoms. The fourth-order valence-corrected chi connectivity index (χ4v) is 2.76. The van der Waals surface area contributed by atoms with Gasteiger partial charge in [-0.05, 0) is 52.7 Å². The van der Waals surface area contributed by atoms with Gasteiger partial charge in [-0.2, -0.15) is 0 Å². The van der Waals surface area contributed by atoms with Gasteiger partial charge in [-0.25, -0.2) is 0 Å². The van der Waals surface area contributed by atoms with Gasteiger partial charge in [0, 0.05) is 0 Å². The Balaban J connectivity index is 2.67. The SMILES string of the molecule is CCCCC[C@@H](OC(=O)[C@H](C)CC(=O)OC(C)(C)C)[C@H](C)Oc1ccccc1. The zero-order valence-electron chi connectivity index (χ0n) is 18.2. The van der Waals surface area contributed by atoms with Crippen LogP contribution < -0.4 is 4.74 Å². The van der Waals surface area contributed by atoms with Gasteiger partial charge in [0.1, 0.15) is 23.6 Å². The Hall–Kier alpha value is -2.04. The Bertz CT molecular complexity index is 591. The Morgan fingerprint density at radius 3 is 2.25 bits per heavy atom. The van der Waals surface area contributed by atoms with Gasteiger partial charge in [0.25, 0.3) is 0 Å². The quantitative estimate of drug-likeness (QED) is 0.377. The summed E-state index contributed by atoms with van der Waals surface area (Å²) in [7, 11) is 0. The molecular weight excluding hydrogens is 356 g/mol. The van der Waals surface area contributed by atoms with Crippen molar-refractivity contribution in [3.05, 3.63) is 30.3 Å². The molecule has 0 aromatic heterocycles. The van der Waals surface area contributed by atoms with Gasteiger partial charge in [-0.15, -0.1) is 0 Å². The molecule has 0 saturated carbocycles. The van der Waals surface area contributed by atoms with Crippen LogP contribution in [0.4, 0.5) is 0 Å². The molecule has 5 nitrogen and oxygen atoms in total. The molecule has 3 atom stereocenters. The number of para-hydroxylation sites is 1. The molecular formula is C23H36O5. The lowest BCUT2D eigenvalue weighted by atomic mass is 10.0. The van der Waals surface area contributed by atoms with Gasteiger partial charge in [-0.3, -0.25) is 9.59 Å². The van der Waals surface area contributed by atoms with Crippen molar-refractivity contribution in [2.45, 2.75) is 91.5 Å². The van der Waals surface area contributed by atoms with Crippen molar-refractivity contribution in [2.24, 2.45) is 5.92 Å². The number of hydrogen-bond donors (Lipinski definition) is 0. The molecule has 0 radical (unpaired) electrons. The zero-order chi connectivity index (χ0) is 21.2. The Labute approximate surface area is 169 Å². The minimum atomic E-state index is -0.568. The van der Waals surface area contributed by atoms with Crippen LogP contribution in [0.5, 0.6) is 5.75 Å². The monoisotopic (exact) mass is 392 g/mol. The number of hydrogen-bond acceptors (Lipinski definition) is 5. The van der Waals surface area contributed by atoms with E-state index in [1.54, 1.807) is 27.7 Å². The maximum Gasteiger partial charge on any atom is 0.309 e. The molecule has 1 aromatic rings. The van der Waals surface area contributed by atoms with Crippen molar-refractivity contribution in [1.82, 2.24) is 0 Å². The summed E-state index contributed by atoms with van der Waals surface area (Å²) >= 11 is 0. The summed E-state index contributed by atoms with van der Waals surface area (Å²) in [6.45, 7) is 11.2. The minimum Gasteiger partial charge on any atom is -0.487 e. The number of esters is 2. The molecule has 1 rings (SSSR count). The van der Waals surface area contributed by atoms with Gasteiger partial charge in [0.05, 0.1) is 12.3 Å². The van der Waals surface area contributed by atoms with E-state index < -0.39 is 23.5 Å². The largest absolute Gasteiger partial charge is 0.487 e. The van der Waals surface area contributed by atoms with E-state index in [1.165, 1.54) is 0 Å². The van der Waals surface area contributed by atoms with Gasteiger partial charge in [-0.1, -0.05) is 44.9 Å². The highest BCUT2D eigenvalue weighted by molar-refractivity contribution is 5.79. The van der Waals surface area contributed by atoms with E-state index in [-0.39, 0.29) is 18.6 Å². The van der Waals surface area contributed by atoms with Crippen LogP contribution in [-0.2, 0) is 19.1 Å². The van der Waals surface area contributed by atoms with Crippen molar-refractivity contribution in [2.75, 3.05) is 0 Å². The molecule has 0 aliphatic rings. The van der Waals surface area contributed by atoms with Crippen molar-refractivity contribution in [3.63, 3.8) is 0 Å². The fraction of sp³-hybridized carbons (Fsp3) is 0.652. The third kappa shape index (κ3) is 9.77. The standard InChI is InChI=1S/C23H36O5/c1-7-8-10-15-20(18(3)26-19-13-11-9-12-14-19)27-22(25)17(2)16-21(24)28-23(4,5)6/h9,11-14,17-18,20H,7-8,10,15-16H2,1-6H3/t17-,18+,20-/m1/s1. The first-order chi connectivity index (χ1) is 13.1. The lowest BCUT2D eigenvalue weighted by Gasteiger charge is -2.26. The predicted molar refractivity (Wildman–Crippen MR) is 110 cm³/mol. The summed E-state index contributed by atoms with van der Waals surface area (Å²) in [5.41, 5.74) is -0.568. The third-order valence-electron chi connectivity index (χ3n) is 4.24. The Morgan fingerprint density at radius 1 is 1.04 bits per heavy atom. The summed E-state index contributed by atoms with van der Waals surface area (Å²) in [5, 5.41) is 0. The van der Waals surface area contributed by atoms with Crippen molar-refractivity contribution < 1.29 is 23.8 Å². The number of unbranched alkanes of at least 4 members (excludes halogenated alkanes) is 2. The van der Waals surface area contributed by atoms with Crippen LogP contribution in [0.25, 0.3) is 0 Å². The van der Waals surface area contributed by atoms with Crippen LogP contribution in [0, 0.1) is 5.92 Å². The smallest absolute Gasteiger partial charge is 0.309 e. The molecule has 158 valence electrons. The molecule has 0 fully saturated rings. The molecule has 1 aromatic carbocycles. The van der Waals surface area contributed by atoms with E-state index in [9.17, 15) is 9.59 Å². The molecule has 0 aliphatic carbocycles. The maximum atomic E-state index is 12.6. The lowest BCUT2D eigenvalue weighted by molar-refractivity contribution is -0.165. The van der Waals surface area contributed by atoms with E-state index in [0.29, 0.717) is 0 Å². The molecule has 0 aliphatic heterocycles. The van der Waals surface area contributed by atoms with Crippen LogP contribution >= 0.6 is 0 Å². The molecule has 0 saturated heterocycles. The van der Waals surface area contributed by atoms with E-state index in [4.69, 9.17) is 14.2 Å². The number of ether oxygens (including phenoxy) is 3. The number of carbonyl (C=O) groups excluding carboxylic acids is 2. The maximum absolute atomic E-state index is 12.6. The van der Waals surface area contributed by atoms with Crippen molar-refractivity contribution in [1.29, 1.82) is 0 Å². The number of benzene rings is 1. The van der Waals surface area contributed by atoms with Crippen molar-refractivity contribution >= 4 is 11.9 Å². The van der Waals surface area contributed by atoms with E-state index in [1.807, 2.05) is 37.3 Å². The van der Waals surface area contributed by atoms with E-state index in [2.05, 4.69) is 6.92 Å². The summed E-state index contributed by atoms with van der Waals surface area (Å²) in [6.07, 6.45) is 3.20. The molecule has 0 spiro atoms. The minimum absolute atomic E-state index is 0.00566. The Kier molecular flexibility index (Phi) is 10.0. The highest BCUT2D eigenvalue weighted by Crippen LogP contribution is 2.20. The van der Waals surface area contributed by atoms with Crippen LogP contribution in [0.3, 0.4) is 0 Å². The van der Waals surface area contributed by atoms with Crippen LogP contribution in [-0.4, -0.2) is 29.7 Å². The van der Waals surface area contributed by atoms with Gasteiger partial charge in [0.2, 0.25) is 0 Å². The second-order valence-electron chi connectivity index (χ2n) is 8.30.